The lowest BCUT2D eigenvalue weighted by atomic mass is 10.3. The molecule has 112 valence electrons. The van der Waals surface area contributed by atoms with Gasteiger partial charge in [-0.15, -0.1) is 11.3 Å². The maximum atomic E-state index is 12.9. The first-order chi connectivity index (χ1) is 10.00. The van der Waals surface area contributed by atoms with Crippen LogP contribution in [0.4, 0.5) is 8.78 Å². The lowest BCUT2D eigenvalue weighted by Crippen LogP contribution is -2.42. The van der Waals surface area contributed by atoms with Gasteiger partial charge in [-0.2, -0.15) is 0 Å². The zero-order valence-electron chi connectivity index (χ0n) is 11.1. The first kappa shape index (κ1) is 15.5. The van der Waals surface area contributed by atoms with Crippen LogP contribution < -0.4 is 11.1 Å². The smallest absolute Gasteiger partial charge is 0.277 e. The third-order valence-corrected chi connectivity index (χ3v) is 3.58. The third kappa shape index (κ3) is 4.54. The zero-order valence-corrected chi connectivity index (χ0v) is 11.9. The van der Waals surface area contributed by atoms with Crippen molar-refractivity contribution in [2.24, 2.45) is 5.73 Å². The summed E-state index contributed by atoms with van der Waals surface area (Å²) >= 11 is 1.37. The molecule has 0 aliphatic rings. The van der Waals surface area contributed by atoms with Crippen LogP contribution in [-0.2, 0) is 11.2 Å². The Labute approximate surface area is 124 Å². The van der Waals surface area contributed by atoms with Crippen LogP contribution in [0.15, 0.2) is 29.9 Å². The molecule has 0 unspecified atom stereocenters. The fourth-order valence-electron chi connectivity index (χ4n) is 1.54. The van der Waals surface area contributed by atoms with Gasteiger partial charge in [-0.3, -0.25) is 9.78 Å². The average Bonchev–Trinajstić information content (AvgIpc) is 2.95. The molecule has 8 heteroatoms. The molecule has 0 atom stereocenters. The Hall–Kier alpha value is -1.93. The second kappa shape index (κ2) is 6.68. The molecule has 5 nitrogen and oxygen atoms in total. The number of pyridine rings is 1. The van der Waals surface area contributed by atoms with E-state index >= 15 is 0 Å². The highest BCUT2D eigenvalue weighted by Crippen LogP contribution is 2.22. The quantitative estimate of drug-likeness (QED) is 0.846. The van der Waals surface area contributed by atoms with E-state index in [2.05, 4.69) is 15.3 Å². The van der Waals surface area contributed by atoms with Crippen LogP contribution in [0.3, 0.4) is 0 Å². The standard InChI is InChI=1S/C13H14F2N4OS/c14-13(15,7-16)8-18-11(20)4-10-6-21-12(19-10)9-2-1-3-17-5-9/h1-3,5-6H,4,7-8,16H2,(H,18,20). The van der Waals surface area contributed by atoms with Gasteiger partial charge >= 0.3 is 0 Å². The lowest BCUT2D eigenvalue weighted by Gasteiger charge is -2.14. The number of halogens is 2. The van der Waals surface area contributed by atoms with E-state index in [1.54, 1.807) is 23.8 Å². The van der Waals surface area contributed by atoms with Crippen LogP contribution in [0.5, 0.6) is 0 Å². The van der Waals surface area contributed by atoms with Crippen molar-refractivity contribution in [3.05, 3.63) is 35.6 Å². The predicted octanol–water partition coefficient (Wildman–Crippen LogP) is 1.46. The SMILES string of the molecule is NCC(F)(F)CNC(=O)Cc1csc(-c2cccnc2)n1. The largest absolute Gasteiger partial charge is 0.350 e. The number of carbonyl (C=O) groups is 1. The van der Waals surface area contributed by atoms with E-state index in [1.807, 2.05) is 6.07 Å². The summed E-state index contributed by atoms with van der Waals surface area (Å²) in [5, 5.41) is 4.61. The van der Waals surface area contributed by atoms with Gasteiger partial charge in [0, 0.05) is 23.3 Å². The molecule has 2 aromatic rings. The van der Waals surface area contributed by atoms with Crippen LogP contribution in [0.2, 0.25) is 0 Å². The molecule has 21 heavy (non-hydrogen) atoms. The van der Waals surface area contributed by atoms with Gasteiger partial charge in [-0.25, -0.2) is 13.8 Å². The monoisotopic (exact) mass is 312 g/mol. The normalized spacial score (nSPS) is 11.4. The summed E-state index contributed by atoms with van der Waals surface area (Å²) in [5.41, 5.74) is 6.28. The molecule has 0 aromatic carbocycles. The Morgan fingerprint density at radius 3 is 2.95 bits per heavy atom. The minimum atomic E-state index is -3.08. The Morgan fingerprint density at radius 2 is 2.29 bits per heavy atom. The summed E-state index contributed by atoms with van der Waals surface area (Å²) < 4.78 is 25.8. The molecule has 1 amide bonds. The average molecular weight is 312 g/mol. The van der Waals surface area contributed by atoms with Gasteiger partial charge < -0.3 is 11.1 Å². The van der Waals surface area contributed by atoms with Crippen molar-refractivity contribution in [1.29, 1.82) is 0 Å². The molecule has 0 fully saturated rings. The summed E-state index contributed by atoms with van der Waals surface area (Å²) in [6, 6.07) is 3.65. The van der Waals surface area contributed by atoms with E-state index < -0.39 is 24.9 Å². The number of aromatic nitrogens is 2. The van der Waals surface area contributed by atoms with Crippen molar-refractivity contribution < 1.29 is 13.6 Å². The van der Waals surface area contributed by atoms with Crippen molar-refractivity contribution in [3.8, 4) is 10.6 Å². The van der Waals surface area contributed by atoms with Crippen molar-refractivity contribution in [3.63, 3.8) is 0 Å². The maximum Gasteiger partial charge on any atom is 0.277 e. The lowest BCUT2D eigenvalue weighted by molar-refractivity contribution is -0.122. The molecule has 2 heterocycles. The van der Waals surface area contributed by atoms with Crippen LogP contribution in [-0.4, -0.2) is 34.9 Å². The number of nitrogens with two attached hydrogens (primary N) is 1. The number of hydrogen-bond acceptors (Lipinski definition) is 5. The van der Waals surface area contributed by atoms with Crippen molar-refractivity contribution >= 4 is 17.2 Å². The molecule has 0 saturated heterocycles. The molecular formula is C13H14F2N4OS. The van der Waals surface area contributed by atoms with E-state index in [9.17, 15) is 13.6 Å². The number of nitrogens with one attached hydrogen (secondary N) is 1. The molecule has 0 radical (unpaired) electrons. The number of rotatable bonds is 6. The first-order valence-electron chi connectivity index (χ1n) is 6.19. The van der Waals surface area contributed by atoms with Gasteiger partial charge in [0.15, 0.2) is 0 Å². The van der Waals surface area contributed by atoms with Crippen molar-refractivity contribution in [1.82, 2.24) is 15.3 Å². The third-order valence-electron chi connectivity index (χ3n) is 2.64. The van der Waals surface area contributed by atoms with Gasteiger partial charge in [0.1, 0.15) is 5.01 Å². The predicted molar refractivity (Wildman–Crippen MR) is 76.1 cm³/mol. The van der Waals surface area contributed by atoms with E-state index in [0.29, 0.717) is 5.69 Å². The summed E-state index contributed by atoms with van der Waals surface area (Å²) in [4.78, 5) is 19.9. The number of thiazole rings is 1. The van der Waals surface area contributed by atoms with E-state index in [0.717, 1.165) is 10.6 Å². The van der Waals surface area contributed by atoms with Crippen LogP contribution in [0, 0.1) is 0 Å². The first-order valence-corrected chi connectivity index (χ1v) is 7.07. The maximum absolute atomic E-state index is 12.9. The highest BCUT2D eigenvalue weighted by molar-refractivity contribution is 7.13. The van der Waals surface area contributed by atoms with Gasteiger partial charge in [0.25, 0.3) is 5.92 Å². The second-order valence-electron chi connectivity index (χ2n) is 4.40. The van der Waals surface area contributed by atoms with Crippen molar-refractivity contribution in [2.45, 2.75) is 12.3 Å². The molecule has 0 bridgehead atoms. The second-order valence-corrected chi connectivity index (χ2v) is 5.26. The summed E-state index contributed by atoms with van der Waals surface area (Å²) in [6.07, 6.45) is 3.28. The summed E-state index contributed by atoms with van der Waals surface area (Å²) in [6.45, 7) is -1.56. The van der Waals surface area contributed by atoms with Crippen LogP contribution >= 0.6 is 11.3 Å². The van der Waals surface area contributed by atoms with Gasteiger partial charge in [0.2, 0.25) is 5.91 Å². The van der Waals surface area contributed by atoms with Gasteiger partial charge in [0.05, 0.1) is 25.2 Å². The number of carbonyl (C=O) groups excluding carboxylic acids is 1. The minimum Gasteiger partial charge on any atom is -0.350 e. The molecule has 2 rings (SSSR count). The Balaban J connectivity index is 1.92. The molecular weight excluding hydrogens is 298 g/mol. The number of alkyl halides is 2. The van der Waals surface area contributed by atoms with E-state index in [1.165, 1.54) is 11.3 Å². The number of hydrogen-bond donors (Lipinski definition) is 2. The zero-order chi connectivity index (χ0) is 15.3. The van der Waals surface area contributed by atoms with Gasteiger partial charge in [-0.1, -0.05) is 0 Å². The molecule has 0 spiro atoms. The number of nitrogens with zero attached hydrogens (tertiary/aromatic N) is 2. The molecule has 0 saturated carbocycles. The van der Waals surface area contributed by atoms with Gasteiger partial charge in [-0.05, 0) is 12.1 Å². The molecule has 0 aliphatic heterocycles. The molecule has 2 aromatic heterocycles. The fraction of sp³-hybridized carbons (Fsp3) is 0.308. The minimum absolute atomic E-state index is 0.0442. The van der Waals surface area contributed by atoms with Crippen molar-refractivity contribution in [2.75, 3.05) is 13.1 Å². The summed E-state index contributed by atoms with van der Waals surface area (Å²) in [7, 11) is 0. The fourth-order valence-corrected chi connectivity index (χ4v) is 2.35. The van der Waals surface area contributed by atoms with E-state index in [4.69, 9.17) is 5.73 Å². The Kier molecular flexibility index (Phi) is 4.92. The topological polar surface area (TPSA) is 80.9 Å². The molecule has 3 N–H and O–H groups in total. The highest BCUT2D eigenvalue weighted by atomic mass is 32.1. The van der Waals surface area contributed by atoms with Crippen LogP contribution in [0.1, 0.15) is 5.69 Å². The Morgan fingerprint density at radius 1 is 1.48 bits per heavy atom. The van der Waals surface area contributed by atoms with Crippen LogP contribution in [0.25, 0.3) is 10.6 Å². The highest BCUT2D eigenvalue weighted by Gasteiger charge is 2.27. The van der Waals surface area contributed by atoms with E-state index in [-0.39, 0.29) is 6.42 Å². The molecule has 0 aliphatic carbocycles. The summed E-state index contributed by atoms with van der Waals surface area (Å²) in [5.74, 6) is -3.59. The Bertz CT molecular complexity index is 603. The number of amides is 1.